The third-order valence-corrected chi connectivity index (χ3v) is 2.75. The van der Waals surface area contributed by atoms with Gasteiger partial charge in [0.1, 0.15) is 0 Å². The molecule has 2 rings (SSSR count). The minimum Gasteiger partial charge on any atom is -0.388 e. The van der Waals surface area contributed by atoms with Crippen LogP contribution in [0.3, 0.4) is 0 Å². The SMILES string of the molecule is OC1CCCCC=Cc2ccccc21. The monoisotopic (exact) mass is 188 g/mol. The summed E-state index contributed by atoms with van der Waals surface area (Å²) in [6.07, 6.45) is 8.36. The Morgan fingerprint density at radius 1 is 1.14 bits per heavy atom. The summed E-state index contributed by atoms with van der Waals surface area (Å²) in [6.45, 7) is 0. The molecule has 1 atom stereocenters. The highest BCUT2D eigenvalue weighted by atomic mass is 16.3. The second-order valence-corrected chi connectivity index (χ2v) is 3.83. The van der Waals surface area contributed by atoms with Gasteiger partial charge < -0.3 is 5.11 Å². The number of fused-ring (bicyclic) bond motifs is 1. The summed E-state index contributed by atoms with van der Waals surface area (Å²) < 4.78 is 0. The van der Waals surface area contributed by atoms with Gasteiger partial charge in [-0.15, -0.1) is 0 Å². The molecule has 0 bridgehead atoms. The lowest BCUT2D eigenvalue weighted by Crippen LogP contribution is -1.98. The van der Waals surface area contributed by atoms with Gasteiger partial charge in [0.25, 0.3) is 0 Å². The highest BCUT2D eigenvalue weighted by Crippen LogP contribution is 2.25. The van der Waals surface area contributed by atoms with Gasteiger partial charge in [-0.3, -0.25) is 0 Å². The molecule has 1 aliphatic rings. The van der Waals surface area contributed by atoms with E-state index in [0.717, 1.165) is 24.8 Å². The van der Waals surface area contributed by atoms with Crippen molar-refractivity contribution in [3.8, 4) is 0 Å². The fourth-order valence-electron chi connectivity index (χ4n) is 1.93. The smallest absolute Gasteiger partial charge is 0.0795 e. The molecule has 0 amide bonds. The number of hydrogen-bond donors (Lipinski definition) is 1. The third-order valence-electron chi connectivity index (χ3n) is 2.75. The molecule has 0 heterocycles. The molecule has 0 aliphatic heterocycles. The van der Waals surface area contributed by atoms with E-state index in [2.05, 4.69) is 18.2 Å². The van der Waals surface area contributed by atoms with E-state index in [1.54, 1.807) is 0 Å². The predicted octanol–water partition coefficient (Wildman–Crippen LogP) is 3.31. The van der Waals surface area contributed by atoms with E-state index in [-0.39, 0.29) is 6.10 Å². The van der Waals surface area contributed by atoms with E-state index >= 15 is 0 Å². The van der Waals surface area contributed by atoms with Crippen molar-refractivity contribution in [1.82, 2.24) is 0 Å². The van der Waals surface area contributed by atoms with Gasteiger partial charge in [0.05, 0.1) is 6.10 Å². The Bertz CT molecular complexity index is 328. The average molecular weight is 188 g/mol. The zero-order valence-corrected chi connectivity index (χ0v) is 8.32. The molecule has 1 heteroatoms. The minimum atomic E-state index is -0.283. The van der Waals surface area contributed by atoms with Crippen LogP contribution in [0.25, 0.3) is 6.08 Å². The van der Waals surface area contributed by atoms with E-state index in [4.69, 9.17) is 0 Å². The second-order valence-electron chi connectivity index (χ2n) is 3.83. The maximum absolute atomic E-state index is 9.96. The molecule has 1 N–H and O–H groups in total. The van der Waals surface area contributed by atoms with Crippen molar-refractivity contribution in [2.24, 2.45) is 0 Å². The summed E-state index contributed by atoms with van der Waals surface area (Å²) in [6, 6.07) is 8.11. The van der Waals surface area contributed by atoms with Gasteiger partial charge in [0.2, 0.25) is 0 Å². The average Bonchev–Trinajstić information content (AvgIpc) is 2.30. The van der Waals surface area contributed by atoms with Gasteiger partial charge in [0.15, 0.2) is 0 Å². The van der Waals surface area contributed by atoms with Crippen LogP contribution < -0.4 is 0 Å². The van der Waals surface area contributed by atoms with Gasteiger partial charge in [-0.2, -0.15) is 0 Å². The standard InChI is InChI=1S/C13H16O/c14-13-10-4-2-1-3-7-11-8-5-6-9-12(11)13/h3,5-9,13-14H,1-2,4,10H2. The van der Waals surface area contributed by atoms with E-state index in [1.165, 1.54) is 12.0 Å². The number of benzene rings is 1. The molecule has 1 aromatic carbocycles. The van der Waals surface area contributed by atoms with Crippen molar-refractivity contribution in [3.05, 3.63) is 41.5 Å². The largest absolute Gasteiger partial charge is 0.388 e. The molecule has 1 nitrogen and oxygen atoms in total. The quantitative estimate of drug-likeness (QED) is 0.662. The van der Waals surface area contributed by atoms with Crippen molar-refractivity contribution in [2.75, 3.05) is 0 Å². The van der Waals surface area contributed by atoms with Crippen LogP contribution in [0.4, 0.5) is 0 Å². The van der Waals surface area contributed by atoms with Crippen LogP contribution in [0.2, 0.25) is 0 Å². The molecule has 1 aliphatic carbocycles. The van der Waals surface area contributed by atoms with Crippen LogP contribution in [-0.4, -0.2) is 5.11 Å². The zero-order valence-electron chi connectivity index (χ0n) is 8.32. The number of aliphatic hydroxyl groups is 1. The first-order valence-electron chi connectivity index (χ1n) is 5.31. The van der Waals surface area contributed by atoms with Gasteiger partial charge >= 0.3 is 0 Å². The number of hydrogen-bond acceptors (Lipinski definition) is 1. The fraction of sp³-hybridized carbons (Fsp3) is 0.385. The first kappa shape index (κ1) is 9.47. The molecule has 0 radical (unpaired) electrons. The Hall–Kier alpha value is -1.08. The lowest BCUT2D eigenvalue weighted by atomic mass is 9.99. The van der Waals surface area contributed by atoms with E-state index in [9.17, 15) is 5.11 Å². The van der Waals surface area contributed by atoms with E-state index < -0.39 is 0 Å². The molecule has 0 saturated carbocycles. The van der Waals surface area contributed by atoms with Gasteiger partial charge in [-0.1, -0.05) is 42.8 Å². The molecule has 0 saturated heterocycles. The number of aliphatic hydroxyl groups excluding tert-OH is 1. The Labute approximate surface area is 85.1 Å². The molecule has 0 spiro atoms. The van der Waals surface area contributed by atoms with Gasteiger partial charge in [-0.05, 0) is 30.4 Å². The van der Waals surface area contributed by atoms with Crippen molar-refractivity contribution >= 4 is 6.08 Å². The fourth-order valence-corrected chi connectivity index (χ4v) is 1.93. The Morgan fingerprint density at radius 2 is 2.00 bits per heavy atom. The lowest BCUT2D eigenvalue weighted by molar-refractivity contribution is 0.164. The summed E-state index contributed by atoms with van der Waals surface area (Å²) in [4.78, 5) is 0. The number of allylic oxidation sites excluding steroid dienone is 1. The molecule has 74 valence electrons. The maximum atomic E-state index is 9.96. The highest BCUT2D eigenvalue weighted by Gasteiger charge is 2.10. The maximum Gasteiger partial charge on any atom is 0.0795 e. The Balaban J connectivity index is 2.36. The van der Waals surface area contributed by atoms with E-state index in [0.29, 0.717) is 0 Å². The van der Waals surface area contributed by atoms with Crippen LogP contribution in [-0.2, 0) is 0 Å². The van der Waals surface area contributed by atoms with Crippen molar-refractivity contribution in [3.63, 3.8) is 0 Å². The van der Waals surface area contributed by atoms with Crippen LogP contribution in [0.15, 0.2) is 30.3 Å². The van der Waals surface area contributed by atoms with Crippen LogP contribution in [0, 0.1) is 0 Å². The molecular formula is C13H16O. The zero-order chi connectivity index (χ0) is 9.80. The summed E-state index contributed by atoms with van der Waals surface area (Å²) in [5.41, 5.74) is 2.24. The van der Waals surface area contributed by atoms with Crippen molar-refractivity contribution in [2.45, 2.75) is 31.8 Å². The lowest BCUT2D eigenvalue weighted by Gasteiger charge is -2.12. The highest BCUT2D eigenvalue weighted by molar-refractivity contribution is 5.54. The van der Waals surface area contributed by atoms with Crippen LogP contribution in [0.1, 0.15) is 42.9 Å². The molecule has 0 aromatic heterocycles. The third kappa shape index (κ3) is 2.05. The summed E-state index contributed by atoms with van der Waals surface area (Å²) in [5, 5.41) is 9.96. The molecule has 1 aromatic rings. The first-order valence-corrected chi connectivity index (χ1v) is 5.31. The van der Waals surface area contributed by atoms with Crippen LogP contribution in [0.5, 0.6) is 0 Å². The Morgan fingerprint density at radius 3 is 2.93 bits per heavy atom. The van der Waals surface area contributed by atoms with Crippen molar-refractivity contribution < 1.29 is 5.11 Å². The molecule has 14 heavy (non-hydrogen) atoms. The Kier molecular flexibility index (Phi) is 3.00. The summed E-state index contributed by atoms with van der Waals surface area (Å²) in [5.74, 6) is 0. The predicted molar refractivity (Wildman–Crippen MR) is 58.9 cm³/mol. The second kappa shape index (κ2) is 4.43. The summed E-state index contributed by atoms with van der Waals surface area (Å²) in [7, 11) is 0. The van der Waals surface area contributed by atoms with Gasteiger partial charge in [-0.25, -0.2) is 0 Å². The minimum absolute atomic E-state index is 0.283. The number of rotatable bonds is 0. The van der Waals surface area contributed by atoms with E-state index in [1.807, 2.05) is 18.2 Å². The van der Waals surface area contributed by atoms with Gasteiger partial charge in [0, 0.05) is 0 Å². The van der Waals surface area contributed by atoms with Crippen LogP contribution >= 0.6 is 0 Å². The first-order chi connectivity index (χ1) is 6.88. The molecule has 0 fully saturated rings. The summed E-state index contributed by atoms with van der Waals surface area (Å²) >= 11 is 0. The van der Waals surface area contributed by atoms with Crippen molar-refractivity contribution in [1.29, 1.82) is 0 Å². The molecule has 1 unspecified atom stereocenters. The topological polar surface area (TPSA) is 20.2 Å². The normalized spacial score (nSPS) is 21.9. The molecular weight excluding hydrogens is 172 g/mol.